The predicted octanol–water partition coefficient (Wildman–Crippen LogP) is 4.83. The average molecular weight is 538 g/mol. The smallest absolute Gasteiger partial charge is 0.444 e. The lowest BCUT2D eigenvalue weighted by molar-refractivity contribution is 0.00578. The van der Waals surface area contributed by atoms with E-state index in [0.717, 1.165) is 16.6 Å². The van der Waals surface area contributed by atoms with E-state index in [2.05, 4.69) is 16.4 Å². The molecule has 1 atom stereocenters. The number of hydrogen-bond acceptors (Lipinski definition) is 7. The highest BCUT2D eigenvalue weighted by Gasteiger charge is 2.51. The standard InChI is InChI=1S/C29H43BN4O5/c1-26(2,3)34-18-23(31-32-34)24(35)16-19-13-14-33(25(36)37-27(4,5)6)17-20-15-21(11-12-22(19)20)30-38-28(7,8)29(9,10)39-30/h11-12,15,18-19H,13-14,16-17H2,1-10H3/t19-/m0/s1. The summed E-state index contributed by atoms with van der Waals surface area (Å²) in [5.74, 6) is -0.158. The molecule has 0 unspecified atom stereocenters. The third kappa shape index (κ3) is 6.38. The first kappa shape index (κ1) is 29.3. The molecule has 0 spiro atoms. The number of amides is 1. The normalized spacial score (nSPS) is 20.9. The maximum absolute atomic E-state index is 13.3. The van der Waals surface area contributed by atoms with Crippen LogP contribution in [0.3, 0.4) is 0 Å². The molecule has 0 bridgehead atoms. The molecule has 212 valence electrons. The highest BCUT2D eigenvalue weighted by Crippen LogP contribution is 2.37. The lowest BCUT2D eigenvalue weighted by Gasteiger charge is -2.32. The van der Waals surface area contributed by atoms with E-state index in [1.165, 1.54) is 0 Å². The fourth-order valence-corrected chi connectivity index (χ4v) is 4.78. The Morgan fingerprint density at radius 1 is 1.08 bits per heavy atom. The summed E-state index contributed by atoms with van der Waals surface area (Å²) in [6.07, 6.45) is 2.25. The van der Waals surface area contributed by atoms with Crippen molar-refractivity contribution >= 4 is 24.5 Å². The quantitative estimate of drug-likeness (QED) is 0.407. The molecule has 0 aliphatic carbocycles. The number of nitrogens with zero attached hydrogens (tertiary/aromatic N) is 4. The van der Waals surface area contributed by atoms with Gasteiger partial charge in [-0.3, -0.25) is 4.79 Å². The van der Waals surface area contributed by atoms with Crippen LogP contribution in [0.5, 0.6) is 0 Å². The van der Waals surface area contributed by atoms with Crippen LogP contribution in [0.25, 0.3) is 0 Å². The Bertz CT molecular complexity index is 1230. The summed E-state index contributed by atoms with van der Waals surface area (Å²) in [6.45, 7) is 20.6. The maximum atomic E-state index is 13.3. The number of ether oxygens (including phenoxy) is 1. The summed E-state index contributed by atoms with van der Waals surface area (Å²) in [5, 5.41) is 8.31. The molecule has 9 nitrogen and oxygen atoms in total. The molecule has 10 heteroatoms. The van der Waals surface area contributed by atoms with Crippen molar-refractivity contribution in [1.82, 2.24) is 19.9 Å². The molecule has 0 N–H and O–H groups in total. The van der Waals surface area contributed by atoms with Gasteiger partial charge in [0, 0.05) is 19.5 Å². The Balaban J connectivity index is 1.64. The zero-order valence-corrected chi connectivity index (χ0v) is 25.1. The van der Waals surface area contributed by atoms with Crippen molar-refractivity contribution in [3.63, 3.8) is 0 Å². The van der Waals surface area contributed by atoms with Crippen LogP contribution in [0.15, 0.2) is 24.4 Å². The SMILES string of the molecule is CC(C)(C)OC(=O)N1CC[C@@H](CC(=O)c2cn(C(C)(C)C)nn2)c2ccc(B3OC(C)(C)C(C)(C)O3)cc2C1. The van der Waals surface area contributed by atoms with Crippen LogP contribution in [-0.4, -0.2) is 62.2 Å². The molecule has 1 aromatic heterocycles. The van der Waals surface area contributed by atoms with E-state index >= 15 is 0 Å². The number of fused-ring (bicyclic) bond motifs is 1. The van der Waals surface area contributed by atoms with E-state index in [9.17, 15) is 9.59 Å². The predicted molar refractivity (Wildman–Crippen MR) is 150 cm³/mol. The lowest BCUT2D eigenvalue weighted by atomic mass is 9.76. The fourth-order valence-electron chi connectivity index (χ4n) is 4.78. The van der Waals surface area contributed by atoms with Gasteiger partial charge in [-0.2, -0.15) is 0 Å². The topological polar surface area (TPSA) is 95.8 Å². The van der Waals surface area contributed by atoms with Crippen LogP contribution in [0.4, 0.5) is 4.79 Å². The molecule has 1 fully saturated rings. The zero-order chi connectivity index (χ0) is 29.0. The van der Waals surface area contributed by atoms with Gasteiger partial charge < -0.3 is 18.9 Å². The van der Waals surface area contributed by atoms with Gasteiger partial charge in [0.25, 0.3) is 0 Å². The van der Waals surface area contributed by atoms with E-state index in [-0.39, 0.29) is 29.8 Å². The second-order valence-corrected chi connectivity index (χ2v) is 13.8. The first-order valence-corrected chi connectivity index (χ1v) is 13.8. The summed E-state index contributed by atoms with van der Waals surface area (Å²) in [4.78, 5) is 28.2. The molecule has 1 saturated heterocycles. The highest BCUT2D eigenvalue weighted by molar-refractivity contribution is 6.62. The van der Waals surface area contributed by atoms with E-state index in [1.807, 2.05) is 81.4 Å². The van der Waals surface area contributed by atoms with Crippen LogP contribution in [0, 0.1) is 0 Å². The number of ketones is 1. The number of carbonyl (C=O) groups is 2. The minimum absolute atomic E-state index is 0.0674. The summed E-state index contributed by atoms with van der Waals surface area (Å²) in [6, 6.07) is 6.11. The number of carbonyl (C=O) groups excluding carboxylic acids is 2. The molecule has 4 rings (SSSR count). The van der Waals surface area contributed by atoms with Crippen molar-refractivity contribution in [1.29, 1.82) is 0 Å². The first-order valence-electron chi connectivity index (χ1n) is 13.8. The highest BCUT2D eigenvalue weighted by atomic mass is 16.7. The van der Waals surface area contributed by atoms with Gasteiger partial charge in [-0.1, -0.05) is 23.4 Å². The molecule has 39 heavy (non-hydrogen) atoms. The molecule has 0 radical (unpaired) electrons. The summed E-state index contributed by atoms with van der Waals surface area (Å²) in [7, 11) is -0.522. The van der Waals surface area contributed by atoms with Crippen LogP contribution in [0.1, 0.15) is 110 Å². The molecule has 1 aromatic carbocycles. The molecular weight excluding hydrogens is 495 g/mol. The molecule has 2 aliphatic rings. The van der Waals surface area contributed by atoms with Crippen LogP contribution in [0.2, 0.25) is 0 Å². The molecule has 2 aromatic rings. The number of rotatable bonds is 4. The molecule has 0 saturated carbocycles. The summed E-state index contributed by atoms with van der Waals surface area (Å²) < 4.78 is 20.0. The third-order valence-electron chi connectivity index (χ3n) is 7.79. The van der Waals surface area contributed by atoms with Crippen molar-refractivity contribution < 1.29 is 23.6 Å². The molecule has 2 aliphatic heterocycles. The second-order valence-electron chi connectivity index (χ2n) is 13.8. The van der Waals surface area contributed by atoms with Crippen molar-refractivity contribution in [3.05, 3.63) is 41.2 Å². The van der Waals surface area contributed by atoms with Crippen molar-refractivity contribution in [2.75, 3.05) is 6.54 Å². The molecule has 3 heterocycles. The Hall–Kier alpha value is -2.72. The number of hydrogen-bond donors (Lipinski definition) is 0. The van der Waals surface area contributed by atoms with Crippen LogP contribution >= 0.6 is 0 Å². The van der Waals surface area contributed by atoms with Gasteiger partial charge in [-0.25, -0.2) is 9.48 Å². The fraction of sp³-hybridized carbons (Fsp3) is 0.655. The van der Waals surface area contributed by atoms with Crippen molar-refractivity contribution in [3.8, 4) is 0 Å². The maximum Gasteiger partial charge on any atom is 0.494 e. The van der Waals surface area contributed by atoms with Gasteiger partial charge in [0.1, 0.15) is 11.3 Å². The van der Waals surface area contributed by atoms with Gasteiger partial charge in [0.05, 0.1) is 22.9 Å². The number of benzene rings is 1. The van der Waals surface area contributed by atoms with Gasteiger partial charge in [0.15, 0.2) is 5.78 Å². The molecular formula is C29H43BN4O5. The average Bonchev–Trinajstić information content (AvgIpc) is 3.31. The summed E-state index contributed by atoms with van der Waals surface area (Å²) in [5.41, 5.74) is 1.44. The van der Waals surface area contributed by atoms with E-state index in [4.69, 9.17) is 14.0 Å². The van der Waals surface area contributed by atoms with Crippen LogP contribution < -0.4 is 5.46 Å². The Morgan fingerprint density at radius 2 is 1.72 bits per heavy atom. The largest absolute Gasteiger partial charge is 0.494 e. The second kappa shape index (κ2) is 10.0. The van der Waals surface area contributed by atoms with Gasteiger partial charge in [-0.15, -0.1) is 5.10 Å². The lowest BCUT2D eigenvalue weighted by Crippen LogP contribution is -2.41. The number of aromatic nitrogens is 3. The third-order valence-corrected chi connectivity index (χ3v) is 7.79. The molecule has 1 amide bonds. The van der Waals surface area contributed by atoms with Gasteiger partial charge >= 0.3 is 13.2 Å². The Morgan fingerprint density at radius 3 is 2.28 bits per heavy atom. The summed E-state index contributed by atoms with van der Waals surface area (Å²) >= 11 is 0. The van der Waals surface area contributed by atoms with Gasteiger partial charge in [-0.05, 0) is 98.2 Å². The monoisotopic (exact) mass is 538 g/mol. The Labute approximate surface area is 232 Å². The Kier molecular flexibility index (Phi) is 7.53. The van der Waals surface area contributed by atoms with E-state index in [1.54, 1.807) is 15.8 Å². The minimum Gasteiger partial charge on any atom is -0.444 e. The first-order chi connectivity index (χ1) is 17.9. The van der Waals surface area contributed by atoms with Crippen molar-refractivity contribution in [2.45, 2.75) is 117 Å². The van der Waals surface area contributed by atoms with Gasteiger partial charge in [0.2, 0.25) is 0 Å². The number of Topliss-reactive ketones (excluding diaryl/α,β-unsaturated/α-hetero) is 1. The van der Waals surface area contributed by atoms with E-state index < -0.39 is 23.9 Å². The minimum atomic E-state index is -0.606. The zero-order valence-electron chi connectivity index (χ0n) is 25.1. The van der Waals surface area contributed by atoms with Crippen LogP contribution in [-0.2, 0) is 26.1 Å². The van der Waals surface area contributed by atoms with E-state index in [0.29, 0.717) is 25.2 Å². The van der Waals surface area contributed by atoms with Crippen molar-refractivity contribution in [2.24, 2.45) is 0 Å².